The molecule has 0 fully saturated rings. The van der Waals surface area contributed by atoms with Crippen molar-refractivity contribution >= 4 is 21.7 Å². The van der Waals surface area contributed by atoms with E-state index < -0.39 is 5.82 Å². The lowest BCUT2D eigenvalue weighted by Crippen LogP contribution is -2.09. The van der Waals surface area contributed by atoms with Crippen molar-refractivity contribution in [1.29, 1.82) is 0 Å². The summed E-state index contributed by atoms with van der Waals surface area (Å²) in [6.45, 7) is 2.00. The van der Waals surface area contributed by atoms with Crippen molar-refractivity contribution in [2.75, 3.05) is 0 Å². The van der Waals surface area contributed by atoms with Gasteiger partial charge in [0.2, 0.25) is 0 Å². The lowest BCUT2D eigenvalue weighted by atomic mass is 10.1. The van der Waals surface area contributed by atoms with Crippen molar-refractivity contribution in [2.45, 2.75) is 19.8 Å². The fraction of sp³-hybridized carbons (Fsp3) is 0.308. The molecule has 6 heteroatoms. The maximum atomic E-state index is 13.0. The number of Topliss-reactive ketones (excluding diaryl/α,β-unsaturated/α-hetero) is 1. The van der Waals surface area contributed by atoms with E-state index in [0.717, 1.165) is 28.5 Å². The number of aryl methyl sites for hydroxylation is 2. The first-order chi connectivity index (χ1) is 9.02. The molecule has 2 heterocycles. The summed E-state index contributed by atoms with van der Waals surface area (Å²) in [6.07, 6.45) is 3.39. The number of carbonyl (C=O) groups is 1. The van der Waals surface area contributed by atoms with Gasteiger partial charge in [-0.2, -0.15) is 5.10 Å². The average molecular weight is 326 g/mol. The van der Waals surface area contributed by atoms with Crippen LogP contribution in [-0.4, -0.2) is 20.5 Å². The lowest BCUT2D eigenvalue weighted by Gasteiger charge is -2.03. The fourth-order valence-corrected chi connectivity index (χ4v) is 2.59. The van der Waals surface area contributed by atoms with Gasteiger partial charge in [-0.15, -0.1) is 0 Å². The molecule has 0 unspecified atom stereocenters. The summed E-state index contributed by atoms with van der Waals surface area (Å²) in [7, 11) is 1.79. The molecule has 0 radical (unpaired) electrons. The summed E-state index contributed by atoms with van der Waals surface area (Å²) in [4.78, 5) is 15.8. The van der Waals surface area contributed by atoms with Gasteiger partial charge in [0.05, 0.1) is 28.5 Å². The summed E-state index contributed by atoms with van der Waals surface area (Å²) < 4.78 is 15.6. The van der Waals surface area contributed by atoms with Crippen LogP contribution in [-0.2, 0) is 19.9 Å². The van der Waals surface area contributed by atoms with E-state index in [2.05, 4.69) is 26.0 Å². The zero-order valence-electron chi connectivity index (χ0n) is 10.7. The Morgan fingerprint density at radius 2 is 2.21 bits per heavy atom. The molecule has 0 spiro atoms. The van der Waals surface area contributed by atoms with Crippen LogP contribution in [0.3, 0.4) is 0 Å². The van der Waals surface area contributed by atoms with Gasteiger partial charge in [-0.3, -0.25) is 14.5 Å². The van der Waals surface area contributed by atoms with E-state index in [9.17, 15) is 9.18 Å². The third kappa shape index (κ3) is 2.89. The highest BCUT2D eigenvalue weighted by Crippen LogP contribution is 2.23. The number of hydrogen-bond donors (Lipinski definition) is 0. The van der Waals surface area contributed by atoms with Gasteiger partial charge in [0, 0.05) is 18.8 Å². The molecule has 0 saturated heterocycles. The number of pyridine rings is 1. The van der Waals surface area contributed by atoms with Gasteiger partial charge in [0.1, 0.15) is 5.82 Å². The zero-order chi connectivity index (χ0) is 14.0. The van der Waals surface area contributed by atoms with Crippen molar-refractivity contribution in [1.82, 2.24) is 14.8 Å². The minimum absolute atomic E-state index is 0.162. The molecule has 0 aliphatic carbocycles. The quantitative estimate of drug-likeness (QED) is 0.812. The Balaban J connectivity index is 2.27. The first-order valence-corrected chi connectivity index (χ1v) is 6.66. The molecule has 0 amide bonds. The van der Waals surface area contributed by atoms with Crippen molar-refractivity contribution in [3.05, 3.63) is 45.7 Å². The third-order valence-corrected chi connectivity index (χ3v) is 3.77. The predicted octanol–water partition coefficient (Wildman–Crippen LogP) is 2.70. The SMILES string of the molecule is CCc1nn(C)c(CC(=O)c2cncc(F)c2)c1Br. The summed E-state index contributed by atoms with van der Waals surface area (Å²) >= 11 is 3.45. The molecule has 2 aromatic heterocycles. The number of ketones is 1. The zero-order valence-corrected chi connectivity index (χ0v) is 12.2. The van der Waals surface area contributed by atoms with Crippen LogP contribution in [0.5, 0.6) is 0 Å². The van der Waals surface area contributed by atoms with Gasteiger partial charge in [-0.05, 0) is 28.4 Å². The maximum Gasteiger partial charge on any atom is 0.170 e. The molecule has 4 nitrogen and oxygen atoms in total. The molecule has 100 valence electrons. The Morgan fingerprint density at radius 1 is 1.47 bits per heavy atom. The molecular formula is C13H13BrFN3O. The highest BCUT2D eigenvalue weighted by Gasteiger charge is 2.17. The highest BCUT2D eigenvalue weighted by molar-refractivity contribution is 9.10. The second kappa shape index (κ2) is 5.61. The average Bonchev–Trinajstić information content (AvgIpc) is 2.66. The maximum absolute atomic E-state index is 13.0. The molecule has 0 aromatic carbocycles. The summed E-state index contributed by atoms with van der Waals surface area (Å²) in [5, 5.41) is 4.32. The minimum Gasteiger partial charge on any atom is -0.294 e. The summed E-state index contributed by atoms with van der Waals surface area (Å²) in [5.74, 6) is -0.692. The minimum atomic E-state index is -0.510. The molecule has 19 heavy (non-hydrogen) atoms. The molecule has 0 atom stereocenters. The Bertz CT molecular complexity index is 624. The molecular weight excluding hydrogens is 313 g/mol. The molecule has 2 rings (SSSR count). The topological polar surface area (TPSA) is 47.8 Å². The van der Waals surface area contributed by atoms with E-state index in [-0.39, 0.29) is 17.8 Å². The van der Waals surface area contributed by atoms with E-state index >= 15 is 0 Å². The number of halogens is 2. The van der Waals surface area contributed by atoms with Gasteiger partial charge in [-0.25, -0.2) is 4.39 Å². The van der Waals surface area contributed by atoms with E-state index in [1.54, 1.807) is 11.7 Å². The van der Waals surface area contributed by atoms with Gasteiger partial charge in [0.15, 0.2) is 5.78 Å². The molecule has 2 aromatic rings. The Labute approximate surface area is 118 Å². The monoisotopic (exact) mass is 325 g/mol. The van der Waals surface area contributed by atoms with Crippen LogP contribution in [0.15, 0.2) is 22.9 Å². The number of hydrogen-bond acceptors (Lipinski definition) is 3. The van der Waals surface area contributed by atoms with Crippen LogP contribution >= 0.6 is 15.9 Å². The fourth-order valence-electron chi connectivity index (χ4n) is 1.83. The predicted molar refractivity (Wildman–Crippen MR) is 72.5 cm³/mol. The second-order valence-electron chi connectivity index (χ2n) is 4.18. The molecule has 0 N–H and O–H groups in total. The van der Waals surface area contributed by atoms with Crippen molar-refractivity contribution < 1.29 is 9.18 Å². The lowest BCUT2D eigenvalue weighted by molar-refractivity contribution is 0.0989. The van der Waals surface area contributed by atoms with E-state index in [1.165, 1.54) is 12.3 Å². The normalized spacial score (nSPS) is 10.7. The van der Waals surface area contributed by atoms with Crippen molar-refractivity contribution in [2.24, 2.45) is 7.05 Å². The smallest absolute Gasteiger partial charge is 0.170 e. The van der Waals surface area contributed by atoms with Crippen molar-refractivity contribution in [3.63, 3.8) is 0 Å². The molecule has 0 bridgehead atoms. The Kier molecular flexibility index (Phi) is 4.09. The first-order valence-electron chi connectivity index (χ1n) is 5.87. The highest BCUT2D eigenvalue weighted by atomic mass is 79.9. The van der Waals surface area contributed by atoms with Crippen molar-refractivity contribution in [3.8, 4) is 0 Å². The standard InChI is InChI=1S/C13H13BrFN3O/c1-3-10-13(14)11(18(2)17-10)5-12(19)8-4-9(15)7-16-6-8/h4,6-7H,3,5H2,1-2H3. The van der Waals surface area contributed by atoms with Gasteiger partial charge in [0.25, 0.3) is 0 Å². The van der Waals surface area contributed by atoms with E-state index in [4.69, 9.17) is 0 Å². The number of rotatable bonds is 4. The van der Waals surface area contributed by atoms with Crippen LogP contribution in [0, 0.1) is 5.82 Å². The Morgan fingerprint density at radius 3 is 2.79 bits per heavy atom. The molecule has 0 aliphatic heterocycles. The van der Waals surface area contributed by atoms with Gasteiger partial charge in [-0.1, -0.05) is 6.92 Å². The molecule has 0 aliphatic rings. The van der Waals surface area contributed by atoms with Crippen LogP contribution in [0.2, 0.25) is 0 Å². The van der Waals surface area contributed by atoms with Crippen LogP contribution in [0.25, 0.3) is 0 Å². The van der Waals surface area contributed by atoms with E-state index in [0.29, 0.717) is 0 Å². The largest absolute Gasteiger partial charge is 0.294 e. The summed E-state index contributed by atoms with van der Waals surface area (Å²) in [6, 6.07) is 1.19. The number of aromatic nitrogens is 3. The van der Waals surface area contributed by atoms with Gasteiger partial charge < -0.3 is 0 Å². The Hall–Kier alpha value is -1.56. The number of carbonyl (C=O) groups excluding carboxylic acids is 1. The van der Waals surface area contributed by atoms with E-state index in [1.807, 2.05) is 6.92 Å². The molecule has 0 saturated carbocycles. The van der Waals surface area contributed by atoms with Crippen LogP contribution < -0.4 is 0 Å². The summed E-state index contributed by atoms with van der Waals surface area (Å²) in [5.41, 5.74) is 1.96. The third-order valence-electron chi connectivity index (χ3n) is 2.86. The second-order valence-corrected chi connectivity index (χ2v) is 4.97. The first kappa shape index (κ1) is 13.9. The van der Waals surface area contributed by atoms with Crippen LogP contribution in [0.4, 0.5) is 4.39 Å². The van der Waals surface area contributed by atoms with Gasteiger partial charge >= 0.3 is 0 Å². The number of nitrogens with zero attached hydrogens (tertiary/aromatic N) is 3. The van der Waals surface area contributed by atoms with Crippen LogP contribution in [0.1, 0.15) is 28.7 Å².